The van der Waals surface area contributed by atoms with E-state index in [1.165, 1.54) is 15.3 Å². The Morgan fingerprint density at radius 3 is 2.80 bits per heavy atom. The number of rotatable bonds is 4. The van der Waals surface area contributed by atoms with Gasteiger partial charge in [-0.05, 0) is 44.5 Å². The van der Waals surface area contributed by atoms with Crippen LogP contribution in [0.5, 0.6) is 0 Å². The fraction of sp³-hybridized carbons (Fsp3) is 0.312. The normalized spacial score (nSPS) is 12.9. The fourth-order valence-electron chi connectivity index (χ4n) is 2.53. The molecule has 0 fully saturated rings. The molecule has 3 rings (SSSR count). The minimum Gasteiger partial charge on any atom is -0.341 e. The van der Waals surface area contributed by atoms with Crippen LogP contribution in [-0.2, 0) is 6.54 Å². The Hall–Kier alpha value is -1.65. The average Bonchev–Trinajstić information content (AvgIpc) is 2.98. The van der Waals surface area contributed by atoms with Crippen LogP contribution < -0.4 is 5.32 Å². The van der Waals surface area contributed by atoms with Crippen molar-refractivity contribution < 1.29 is 0 Å². The molecule has 3 aromatic rings. The minimum absolute atomic E-state index is 0.341. The largest absolute Gasteiger partial charge is 0.341 e. The molecule has 3 nitrogen and oxygen atoms in total. The van der Waals surface area contributed by atoms with Crippen LogP contribution in [0.4, 0.5) is 0 Å². The summed E-state index contributed by atoms with van der Waals surface area (Å²) >= 11 is 1.86. The third-order valence-electron chi connectivity index (χ3n) is 3.56. The van der Waals surface area contributed by atoms with Crippen molar-refractivity contribution in [2.24, 2.45) is 0 Å². The van der Waals surface area contributed by atoms with Crippen LogP contribution in [0.25, 0.3) is 11.0 Å². The molecule has 1 atom stereocenters. The Morgan fingerprint density at radius 2 is 2.10 bits per heavy atom. The molecule has 0 saturated carbocycles. The van der Waals surface area contributed by atoms with Crippen molar-refractivity contribution in [3.63, 3.8) is 0 Å². The summed E-state index contributed by atoms with van der Waals surface area (Å²) in [5, 5.41) is 3.54. The van der Waals surface area contributed by atoms with Gasteiger partial charge in [0.15, 0.2) is 0 Å². The number of nitrogens with zero attached hydrogens (tertiary/aromatic N) is 1. The van der Waals surface area contributed by atoms with Crippen LogP contribution >= 0.6 is 11.3 Å². The zero-order chi connectivity index (χ0) is 14.1. The zero-order valence-electron chi connectivity index (χ0n) is 12.0. The summed E-state index contributed by atoms with van der Waals surface area (Å²) in [4.78, 5) is 10.7. The van der Waals surface area contributed by atoms with Gasteiger partial charge in [-0.3, -0.25) is 0 Å². The van der Waals surface area contributed by atoms with Crippen LogP contribution in [-0.4, -0.2) is 9.97 Å². The molecular formula is C16H19N3S. The fourth-order valence-corrected chi connectivity index (χ4v) is 3.55. The number of thiophene rings is 1. The molecule has 0 aliphatic carbocycles. The second kappa shape index (κ2) is 5.38. The standard InChI is InChI=1S/C16H19N3S/c1-10-8-13(12(3)20-10)11(2)17-9-16-18-14-6-4-5-7-15(14)19-16/h4-8,11,17H,9H2,1-3H3,(H,18,19). The third-order valence-corrected chi connectivity index (χ3v) is 4.54. The number of nitrogens with one attached hydrogen (secondary N) is 2. The number of imidazole rings is 1. The van der Waals surface area contributed by atoms with Gasteiger partial charge in [-0.1, -0.05) is 12.1 Å². The van der Waals surface area contributed by atoms with Crippen molar-refractivity contribution in [2.45, 2.75) is 33.4 Å². The predicted molar refractivity (Wildman–Crippen MR) is 85.1 cm³/mol. The second-order valence-corrected chi connectivity index (χ2v) is 6.63. The van der Waals surface area contributed by atoms with E-state index in [0.29, 0.717) is 6.04 Å². The van der Waals surface area contributed by atoms with Crippen LogP contribution in [0.2, 0.25) is 0 Å². The Morgan fingerprint density at radius 1 is 1.30 bits per heavy atom. The summed E-state index contributed by atoms with van der Waals surface area (Å²) in [5.74, 6) is 0.989. The predicted octanol–water partition coefficient (Wildman–Crippen LogP) is 4.09. The van der Waals surface area contributed by atoms with E-state index in [-0.39, 0.29) is 0 Å². The van der Waals surface area contributed by atoms with E-state index in [9.17, 15) is 0 Å². The topological polar surface area (TPSA) is 40.7 Å². The molecule has 2 aromatic heterocycles. The molecule has 0 aliphatic rings. The van der Waals surface area contributed by atoms with Gasteiger partial charge >= 0.3 is 0 Å². The highest BCUT2D eigenvalue weighted by atomic mass is 32.1. The lowest BCUT2D eigenvalue weighted by Crippen LogP contribution is -2.18. The molecule has 0 bridgehead atoms. The first-order chi connectivity index (χ1) is 9.63. The van der Waals surface area contributed by atoms with Gasteiger partial charge in [0, 0.05) is 15.8 Å². The van der Waals surface area contributed by atoms with Crippen molar-refractivity contribution in [1.82, 2.24) is 15.3 Å². The second-order valence-electron chi connectivity index (χ2n) is 5.17. The first kappa shape index (κ1) is 13.3. The summed E-state index contributed by atoms with van der Waals surface area (Å²) in [6.07, 6.45) is 0. The van der Waals surface area contributed by atoms with Crippen molar-refractivity contribution >= 4 is 22.4 Å². The number of H-pyrrole nitrogens is 1. The maximum atomic E-state index is 4.59. The molecule has 0 aliphatic heterocycles. The average molecular weight is 285 g/mol. The van der Waals surface area contributed by atoms with Gasteiger partial charge in [0.25, 0.3) is 0 Å². The van der Waals surface area contributed by atoms with E-state index in [4.69, 9.17) is 0 Å². The molecule has 4 heteroatoms. The van der Waals surface area contributed by atoms with Crippen LogP contribution in [0.3, 0.4) is 0 Å². The van der Waals surface area contributed by atoms with Gasteiger partial charge < -0.3 is 10.3 Å². The van der Waals surface area contributed by atoms with Gasteiger partial charge in [-0.2, -0.15) is 0 Å². The summed E-state index contributed by atoms with van der Waals surface area (Å²) in [6.45, 7) is 7.31. The maximum Gasteiger partial charge on any atom is 0.121 e. The van der Waals surface area contributed by atoms with Gasteiger partial charge in [0.1, 0.15) is 5.82 Å². The molecule has 2 heterocycles. The molecule has 104 valence electrons. The number of fused-ring (bicyclic) bond motifs is 1. The molecule has 0 amide bonds. The summed E-state index contributed by atoms with van der Waals surface area (Å²) in [6, 6.07) is 10.7. The van der Waals surface area contributed by atoms with Crippen LogP contribution in [0.15, 0.2) is 30.3 Å². The first-order valence-electron chi connectivity index (χ1n) is 6.87. The Bertz CT molecular complexity index is 693. The third kappa shape index (κ3) is 2.62. The van der Waals surface area contributed by atoms with E-state index in [0.717, 1.165) is 23.4 Å². The van der Waals surface area contributed by atoms with Gasteiger partial charge in [0.05, 0.1) is 17.6 Å². The molecule has 1 aromatic carbocycles. The lowest BCUT2D eigenvalue weighted by molar-refractivity contribution is 0.562. The van der Waals surface area contributed by atoms with E-state index in [2.05, 4.69) is 48.2 Å². The van der Waals surface area contributed by atoms with Crippen molar-refractivity contribution in [2.75, 3.05) is 0 Å². The molecular weight excluding hydrogens is 266 g/mol. The Kier molecular flexibility index (Phi) is 3.59. The molecule has 20 heavy (non-hydrogen) atoms. The monoisotopic (exact) mass is 285 g/mol. The highest BCUT2D eigenvalue weighted by Gasteiger charge is 2.11. The first-order valence-corrected chi connectivity index (χ1v) is 7.69. The zero-order valence-corrected chi connectivity index (χ0v) is 12.8. The lowest BCUT2D eigenvalue weighted by Gasteiger charge is -2.12. The van der Waals surface area contributed by atoms with Crippen LogP contribution in [0.1, 0.15) is 34.1 Å². The number of benzene rings is 1. The molecule has 1 unspecified atom stereocenters. The number of aromatic nitrogens is 2. The van der Waals surface area contributed by atoms with Gasteiger partial charge in [-0.15, -0.1) is 11.3 Å². The van der Waals surface area contributed by atoms with Crippen molar-refractivity contribution in [1.29, 1.82) is 0 Å². The van der Waals surface area contributed by atoms with E-state index >= 15 is 0 Å². The number of hydrogen-bond donors (Lipinski definition) is 2. The number of aryl methyl sites for hydroxylation is 2. The Labute approximate surface area is 123 Å². The Balaban J connectivity index is 1.71. The number of aromatic amines is 1. The summed E-state index contributed by atoms with van der Waals surface area (Å²) in [7, 11) is 0. The quantitative estimate of drug-likeness (QED) is 0.758. The molecule has 0 saturated heterocycles. The van der Waals surface area contributed by atoms with Crippen molar-refractivity contribution in [3.05, 3.63) is 51.5 Å². The molecule has 2 N–H and O–H groups in total. The van der Waals surface area contributed by atoms with Crippen LogP contribution in [0, 0.1) is 13.8 Å². The van der Waals surface area contributed by atoms with E-state index in [1.54, 1.807) is 0 Å². The van der Waals surface area contributed by atoms with E-state index in [1.807, 2.05) is 29.5 Å². The SMILES string of the molecule is Cc1cc(C(C)NCc2nc3ccccc3[nH]2)c(C)s1. The minimum atomic E-state index is 0.341. The van der Waals surface area contributed by atoms with E-state index < -0.39 is 0 Å². The van der Waals surface area contributed by atoms with Gasteiger partial charge in [0.2, 0.25) is 0 Å². The highest BCUT2D eigenvalue weighted by Crippen LogP contribution is 2.26. The molecule has 0 radical (unpaired) electrons. The molecule has 0 spiro atoms. The number of para-hydroxylation sites is 2. The lowest BCUT2D eigenvalue weighted by atomic mass is 10.1. The smallest absolute Gasteiger partial charge is 0.121 e. The van der Waals surface area contributed by atoms with Gasteiger partial charge in [-0.25, -0.2) is 4.98 Å². The number of hydrogen-bond acceptors (Lipinski definition) is 3. The maximum absolute atomic E-state index is 4.59. The highest BCUT2D eigenvalue weighted by molar-refractivity contribution is 7.12. The summed E-state index contributed by atoms with van der Waals surface area (Å²) in [5.41, 5.74) is 3.52. The summed E-state index contributed by atoms with van der Waals surface area (Å²) < 4.78 is 0. The van der Waals surface area contributed by atoms with Crippen molar-refractivity contribution in [3.8, 4) is 0 Å².